The molecule has 2 aromatic carbocycles. The molecule has 4 rings (SSSR count). The Kier molecular flexibility index (Phi) is 4.81. The van der Waals surface area contributed by atoms with Crippen molar-refractivity contribution in [1.29, 1.82) is 0 Å². The fourth-order valence-corrected chi connectivity index (χ4v) is 3.82. The summed E-state index contributed by atoms with van der Waals surface area (Å²) in [5.41, 5.74) is 3.41. The van der Waals surface area contributed by atoms with E-state index in [0.29, 0.717) is 6.54 Å². The van der Waals surface area contributed by atoms with E-state index in [2.05, 4.69) is 34.1 Å². The fraction of sp³-hybridized carbons (Fsp3) is 0.381. The van der Waals surface area contributed by atoms with Crippen LogP contribution >= 0.6 is 0 Å². The molecule has 2 aliphatic heterocycles. The van der Waals surface area contributed by atoms with E-state index in [-0.39, 0.29) is 11.9 Å². The van der Waals surface area contributed by atoms with Crippen molar-refractivity contribution >= 4 is 5.91 Å². The Hall–Kier alpha value is -2.17. The Bertz CT molecular complexity index is 726. The fourth-order valence-electron chi connectivity index (χ4n) is 3.82. The highest BCUT2D eigenvalue weighted by Gasteiger charge is 2.31. The Labute approximate surface area is 149 Å². The first-order chi connectivity index (χ1) is 12.3. The topological polar surface area (TPSA) is 32.8 Å². The van der Waals surface area contributed by atoms with E-state index in [4.69, 9.17) is 4.74 Å². The van der Waals surface area contributed by atoms with E-state index < -0.39 is 0 Å². The Morgan fingerprint density at radius 1 is 0.960 bits per heavy atom. The second kappa shape index (κ2) is 7.38. The van der Waals surface area contributed by atoms with E-state index in [0.717, 1.165) is 44.8 Å². The monoisotopic (exact) mass is 336 g/mol. The summed E-state index contributed by atoms with van der Waals surface area (Å²) >= 11 is 0. The number of rotatable bonds is 3. The lowest BCUT2D eigenvalue weighted by molar-refractivity contribution is 0.0193. The van der Waals surface area contributed by atoms with Gasteiger partial charge in [-0.2, -0.15) is 0 Å². The first-order valence-corrected chi connectivity index (χ1v) is 9.04. The summed E-state index contributed by atoms with van der Waals surface area (Å²) < 4.78 is 5.47. The van der Waals surface area contributed by atoms with Gasteiger partial charge in [0.05, 0.1) is 13.2 Å². The molecule has 2 aliphatic rings. The molecule has 0 aromatic heterocycles. The maximum Gasteiger partial charge on any atom is 0.254 e. The van der Waals surface area contributed by atoms with Crippen LogP contribution in [-0.2, 0) is 17.7 Å². The predicted octanol–water partition coefficient (Wildman–Crippen LogP) is 2.59. The lowest BCUT2D eigenvalue weighted by Crippen LogP contribution is -2.52. The molecule has 1 fully saturated rings. The molecule has 2 aromatic rings. The van der Waals surface area contributed by atoms with Crippen LogP contribution < -0.4 is 0 Å². The summed E-state index contributed by atoms with van der Waals surface area (Å²) in [6.45, 7) is 5.08. The average Bonchev–Trinajstić information content (AvgIpc) is 2.68. The number of nitrogens with zero attached hydrogens (tertiary/aromatic N) is 2. The molecule has 130 valence electrons. The molecule has 4 heteroatoms. The summed E-state index contributed by atoms with van der Waals surface area (Å²) in [7, 11) is 0. The third-order valence-electron chi connectivity index (χ3n) is 5.21. The van der Waals surface area contributed by atoms with E-state index in [1.165, 1.54) is 11.1 Å². The minimum atomic E-state index is 0.133. The average molecular weight is 336 g/mol. The molecule has 0 aliphatic carbocycles. The molecule has 0 N–H and O–H groups in total. The molecular formula is C21H24N2O2. The second-order valence-corrected chi connectivity index (χ2v) is 6.84. The number of carbonyl (C=O) groups is 1. The van der Waals surface area contributed by atoms with Gasteiger partial charge in [0.2, 0.25) is 0 Å². The summed E-state index contributed by atoms with van der Waals surface area (Å²) in [5, 5.41) is 0. The van der Waals surface area contributed by atoms with Crippen LogP contribution in [0, 0.1) is 0 Å². The SMILES string of the molecule is O=C(c1ccccc1)N1Cc2ccccc2CC1CN1CCOCC1. The van der Waals surface area contributed by atoms with Crippen molar-refractivity contribution in [3.8, 4) is 0 Å². The number of carbonyl (C=O) groups excluding carboxylic acids is 1. The zero-order chi connectivity index (χ0) is 17.1. The van der Waals surface area contributed by atoms with Crippen LogP contribution in [0.5, 0.6) is 0 Å². The zero-order valence-corrected chi connectivity index (χ0v) is 14.4. The summed E-state index contributed by atoms with van der Waals surface area (Å²) in [6.07, 6.45) is 0.923. The van der Waals surface area contributed by atoms with Gasteiger partial charge in [0.25, 0.3) is 5.91 Å². The molecule has 1 unspecified atom stereocenters. The van der Waals surface area contributed by atoms with Crippen molar-refractivity contribution < 1.29 is 9.53 Å². The number of hydrogen-bond acceptors (Lipinski definition) is 3. The van der Waals surface area contributed by atoms with Crippen LogP contribution in [0.3, 0.4) is 0 Å². The summed E-state index contributed by atoms with van der Waals surface area (Å²) in [6, 6.07) is 18.4. The molecular weight excluding hydrogens is 312 g/mol. The van der Waals surface area contributed by atoms with Crippen LogP contribution in [0.4, 0.5) is 0 Å². The summed E-state index contributed by atoms with van der Waals surface area (Å²) in [5.74, 6) is 0.133. The molecule has 1 saturated heterocycles. The van der Waals surface area contributed by atoms with Gasteiger partial charge in [0, 0.05) is 37.8 Å². The zero-order valence-electron chi connectivity index (χ0n) is 14.4. The minimum absolute atomic E-state index is 0.133. The minimum Gasteiger partial charge on any atom is -0.379 e. The number of morpholine rings is 1. The molecule has 0 spiro atoms. The maximum absolute atomic E-state index is 13.1. The van der Waals surface area contributed by atoms with Gasteiger partial charge in [-0.05, 0) is 29.7 Å². The Morgan fingerprint density at radius 2 is 1.64 bits per heavy atom. The number of hydrogen-bond donors (Lipinski definition) is 0. The van der Waals surface area contributed by atoms with Gasteiger partial charge in [-0.25, -0.2) is 0 Å². The quantitative estimate of drug-likeness (QED) is 0.864. The van der Waals surface area contributed by atoms with E-state index in [1.54, 1.807) is 0 Å². The van der Waals surface area contributed by atoms with Gasteiger partial charge in [-0.15, -0.1) is 0 Å². The Morgan fingerprint density at radius 3 is 2.40 bits per heavy atom. The number of ether oxygens (including phenoxy) is 1. The van der Waals surface area contributed by atoms with Crippen molar-refractivity contribution in [2.45, 2.75) is 19.0 Å². The van der Waals surface area contributed by atoms with Crippen molar-refractivity contribution in [3.63, 3.8) is 0 Å². The standard InChI is InChI=1S/C21H24N2O2/c24-21(17-6-2-1-3-7-17)23-15-19-9-5-4-8-18(19)14-20(23)16-22-10-12-25-13-11-22/h1-9,20H,10-16H2. The largest absolute Gasteiger partial charge is 0.379 e. The second-order valence-electron chi connectivity index (χ2n) is 6.84. The number of amides is 1. The van der Waals surface area contributed by atoms with Gasteiger partial charge in [-0.3, -0.25) is 9.69 Å². The van der Waals surface area contributed by atoms with E-state index in [9.17, 15) is 4.79 Å². The van der Waals surface area contributed by atoms with Crippen LogP contribution in [0.1, 0.15) is 21.5 Å². The highest BCUT2D eigenvalue weighted by Crippen LogP contribution is 2.25. The first kappa shape index (κ1) is 16.3. The van der Waals surface area contributed by atoms with Crippen molar-refractivity contribution in [1.82, 2.24) is 9.80 Å². The number of fused-ring (bicyclic) bond motifs is 1. The number of benzene rings is 2. The molecule has 0 radical (unpaired) electrons. The molecule has 4 nitrogen and oxygen atoms in total. The normalized spacial score (nSPS) is 21.0. The van der Waals surface area contributed by atoms with Crippen molar-refractivity contribution in [2.75, 3.05) is 32.8 Å². The molecule has 25 heavy (non-hydrogen) atoms. The third-order valence-corrected chi connectivity index (χ3v) is 5.21. The van der Waals surface area contributed by atoms with Crippen LogP contribution in [0.15, 0.2) is 54.6 Å². The molecule has 1 atom stereocenters. The van der Waals surface area contributed by atoms with Gasteiger partial charge in [0.15, 0.2) is 0 Å². The Balaban J connectivity index is 1.59. The maximum atomic E-state index is 13.1. The smallest absolute Gasteiger partial charge is 0.254 e. The van der Waals surface area contributed by atoms with Crippen LogP contribution in [0.25, 0.3) is 0 Å². The van der Waals surface area contributed by atoms with E-state index in [1.807, 2.05) is 30.3 Å². The first-order valence-electron chi connectivity index (χ1n) is 9.04. The van der Waals surface area contributed by atoms with Crippen LogP contribution in [0.2, 0.25) is 0 Å². The van der Waals surface area contributed by atoms with E-state index >= 15 is 0 Å². The third kappa shape index (κ3) is 3.60. The highest BCUT2D eigenvalue weighted by molar-refractivity contribution is 5.94. The molecule has 2 heterocycles. The predicted molar refractivity (Wildman–Crippen MR) is 97.5 cm³/mol. The highest BCUT2D eigenvalue weighted by atomic mass is 16.5. The van der Waals surface area contributed by atoms with Gasteiger partial charge >= 0.3 is 0 Å². The summed E-state index contributed by atoms with van der Waals surface area (Å²) in [4.78, 5) is 17.6. The van der Waals surface area contributed by atoms with Gasteiger partial charge < -0.3 is 9.64 Å². The van der Waals surface area contributed by atoms with Gasteiger partial charge in [-0.1, -0.05) is 42.5 Å². The van der Waals surface area contributed by atoms with Crippen LogP contribution in [-0.4, -0.2) is 54.6 Å². The van der Waals surface area contributed by atoms with Crippen molar-refractivity contribution in [3.05, 3.63) is 71.3 Å². The van der Waals surface area contributed by atoms with Crippen molar-refractivity contribution in [2.24, 2.45) is 0 Å². The van der Waals surface area contributed by atoms with Gasteiger partial charge in [0.1, 0.15) is 0 Å². The molecule has 0 saturated carbocycles. The molecule has 1 amide bonds. The lowest BCUT2D eigenvalue weighted by Gasteiger charge is -2.40. The molecule has 0 bridgehead atoms. The lowest BCUT2D eigenvalue weighted by atomic mass is 9.93.